The molecule has 2 rings (SSSR count). The zero-order chi connectivity index (χ0) is 12.6. The summed E-state index contributed by atoms with van der Waals surface area (Å²) < 4.78 is 0. The molecule has 1 aromatic carbocycles. The van der Waals surface area contributed by atoms with Gasteiger partial charge in [0.2, 0.25) is 0 Å². The number of benzene rings is 1. The second kappa shape index (κ2) is 4.26. The Balaban J connectivity index is 2.54. The summed E-state index contributed by atoms with van der Waals surface area (Å²) in [6.45, 7) is 10.9. The summed E-state index contributed by atoms with van der Waals surface area (Å²) in [6, 6.07) is 6.71. The minimum absolute atomic E-state index is 0.189. The highest BCUT2D eigenvalue weighted by molar-refractivity contribution is 7.13. The van der Waals surface area contributed by atoms with E-state index < -0.39 is 0 Å². The topological polar surface area (TPSA) is 12.9 Å². The van der Waals surface area contributed by atoms with Crippen molar-refractivity contribution < 1.29 is 0 Å². The van der Waals surface area contributed by atoms with Crippen LogP contribution in [0.1, 0.15) is 37.6 Å². The number of aromatic nitrogens is 1. The van der Waals surface area contributed by atoms with Crippen molar-refractivity contribution in [2.45, 2.75) is 40.0 Å². The monoisotopic (exact) mass is 245 g/mol. The molecule has 0 N–H and O–H groups in total. The summed E-state index contributed by atoms with van der Waals surface area (Å²) in [4.78, 5) is 4.58. The normalized spacial score (nSPS) is 11.8. The molecule has 2 heteroatoms. The zero-order valence-electron chi connectivity index (χ0n) is 11.2. The number of thiazole rings is 1. The van der Waals surface area contributed by atoms with E-state index in [2.05, 4.69) is 56.3 Å². The number of hydrogen-bond donors (Lipinski definition) is 0. The van der Waals surface area contributed by atoms with Gasteiger partial charge < -0.3 is 0 Å². The van der Waals surface area contributed by atoms with Gasteiger partial charge in [-0.15, -0.1) is 11.3 Å². The number of aryl methyl sites for hydroxylation is 2. The third kappa shape index (κ3) is 2.58. The van der Waals surface area contributed by atoms with Crippen LogP contribution in [0.4, 0.5) is 0 Å². The van der Waals surface area contributed by atoms with Crippen LogP contribution >= 0.6 is 11.3 Å². The molecule has 0 saturated heterocycles. The van der Waals surface area contributed by atoms with Crippen molar-refractivity contribution in [2.75, 3.05) is 0 Å². The van der Waals surface area contributed by atoms with Gasteiger partial charge in [-0.05, 0) is 36.5 Å². The molecule has 0 spiro atoms. The highest BCUT2D eigenvalue weighted by Gasteiger charge is 2.16. The highest BCUT2D eigenvalue weighted by Crippen LogP contribution is 2.31. The molecular formula is C15H19NS. The Bertz CT molecular complexity index is 532. The second-order valence-corrected chi connectivity index (χ2v) is 6.43. The molecule has 1 nitrogen and oxygen atoms in total. The van der Waals surface area contributed by atoms with Crippen LogP contribution in [0.15, 0.2) is 23.6 Å². The summed E-state index contributed by atoms with van der Waals surface area (Å²) in [5.74, 6) is 0. The molecular weight excluding hydrogens is 226 g/mol. The van der Waals surface area contributed by atoms with E-state index in [1.165, 1.54) is 16.7 Å². The molecule has 0 radical (unpaired) electrons. The first-order chi connectivity index (χ1) is 7.88. The molecule has 0 fully saturated rings. The Hall–Kier alpha value is -1.15. The van der Waals surface area contributed by atoms with Crippen LogP contribution in [0.3, 0.4) is 0 Å². The summed E-state index contributed by atoms with van der Waals surface area (Å²) in [5, 5.41) is 3.24. The molecule has 0 bridgehead atoms. The van der Waals surface area contributed by atoms with Gasteiger partial charge in [0, 0.05) is 16.6 Å². The van der Waals surface area contributed by atoms with Crippen molar-refractivity contribution >= 4 is 11.3 Å². The van der Waals surface area contributed by atoms with Gasteiger partial charge in [-0.2, -0.15) is 0 Å². The first-order valence-corrected chi connectivity index (χ1v) is 6.79. The minimum Gasteiger partial charge on any atom is -0.241 e. The second-order valence-electron chi connectivity index (χ2n) is 5.57. The lowest BCUT2D eigenvalue weighted by Gasteiger charge is -2.20. The maximum atomic E-state index is 4.58. The van der Waals surface area contributed by atoms with Crippen molar-refractivity contribution in [3.05, 3.63) is 40.4 Å². The molecule has 0 aliphatic carbocycles. The lowest BCUT2D eigenvalue weighted by molar-refractivity contribution is 0.590. The van der Waals surface area contributed by atoms with Gasteiger partial charge in [0.05, 0.1) is 0 Å². The summed E-state index contributed by atoms with van der Waals surface area (Å²) >= 11 is 1.73. The van der Waals surface area contributed by atoms with Crippen LogP contribution in [0.2, 0.25) is 0 Å². The van der Waals surface area contributed by atoms with Gasteiger partial charge in [0.25, 0.3) is 0 Å². The van der Waals surface area contributed by atoms with Gasteiger partial charge in [-0.3, -0.25) is 0 Å². The van der Waals surface area contributed by atoms with E-state index in [-0.39, 0.29) is 5.41 Å². The van der Waals surface area contributed by atoms with Gasteiger partial charge in [0.1, 0.15) is 5.01 Å². The molecule has 2 aromatic rings. The Morgan fingerprint density at radius 2 is 1.82 bits per heavy atom. The van der Waals surface area contributed by atoms with E-state index >= 15 is 0 Å². The van der Waals surface area contributed by atoms with Crippen LogP contribution in [-0.2, 0) is 5.41 Å². The Morgan fingerprint density at radius 3 is 2.35 bits per heavy atom. The van der Waals surface area contributed by atoms with Crippen LogP contribution in [0.25, 0.3) is 10.6 Å². The fourth-order valence-electron chi connectivity index (χ4n) is 1.80. The van der Waals surface area contributed by atoms with Gasteiger partial charge >= 0.3 is 0 Å². The van der Waals surface area contributed by atoms with E-state index in [0.717, 1.165) is 10.7 Å². The SMILES string of the molecule is Cc1csc(-c2cc(C(C)(C)C)ccc2C)n1. The molecule has 0 unspecified atom stereocenters. The van der Waals surface area contributed by atoms with Gasteiger partial charge in [-0.25, -0.2) is 4.98 Å². The smallest absolute Gasteiger partial charge is 0.123 e. The average Bonchev–Trinajstić information content (AvgIpc) is 2.63. The molecule has 1 aromatic heterocycles. The fraction of sp³-hybridized carbons (Fsp3) is 0.400. The zero-order valence-corrected chi connectivity index (χ0v) is 12.0. The van der Waals surface area contributed by atoms with Crippen LogP contribution in [0.5, 0.6) is 0 Å². The number of rotatable bonds is 1. The maximum absolute atomic E-state index is 4.58. The molecule has 0 atom stereocenters. The fourth-order valence-corrected chi connectivity index (χ4v) is 2.68. The summed E-state index contributed by atoms with van der Waals surface area (Å²) in [6.07, 6.45) is 0. The van der Waals surface area contributed by atoms with Crippen molar-refractivity contribution in [1.29, 1.82) is 0 Å². The van der Waals surface area contributed by atoms with Crippen LogP contribution in [-0.4, -0.2) is 4.98 Å². The van der Waals surface area contributed by atoms with E-state index in [1.54, 1.807) is 11.3 Å². The molecule has 17 heavy (non-hydrogen) atoms. The summed E-state index contributed by atoms with van der Waals surface area (Å²) in [5.41, 5.74) is 5.23. The molecule has 0 amide bonds. The van der Waals surface area contributed by atoms with E-state index in [4.69, 9.17) is 0 Å². The average molecular weight is 245 g/mol. The first-order valence-electron chi connectivity index (χ1n) is 5.91. The third-order valence-electron chi connectivity index (χ3n) is 2.95. The summed E-state index contributed by atoms with van der Waals surface area (Å²) in [7, 11) is 0. The highest BCUT2D eigenvalue weighted by atomic mass is 32.1. The maximum Gasteiger partial charge on any atom is 0.123 e. The van der Waals surface area contributed by atoms with Crippen LogP contribution < -0.4 is 0 Å². The van der Waals surface area contributed by atoms with Gasteiger partial charge in [0.15, 0.2) is 0 Å². The third-order valence-corrected chi connectivity index (χ3v) is 3.95. The lowest BCUT2D eigenvalue weighted by Crippen LogP contribution is -2.11. The van der Waals surface area contributed by atoms with E-state index in [9.17, 15) is 0 Å². The van der Waals surface area contributed by atoms with Crippen molar-refractivity contribution in [1.82, 2.24) is 4.98 Å². The van der Waals surface area contributed by atoms with Gasteiger partial charge in [-0.1, -0.05) is 32.9 Å². The molecule has 0 aliphatic rings. The van der Waals surface area contributed by atoms with E-state index in [0.29, 0.717) is 0 Å². The predicted octanol–water partition coefficient (Wildman–Crippen LogP) is 4.72. The number of nitrogens with zero attached hydrogens (tertiary/aromatic N) is 1. The standard InChI is InChI=1S/C15H19NS/c1-10-6-7-12(15(3,4)5)8-13(10)14-16-11(2)9-17-14/h6-9H,1-5H3. The van der Waals surface area contributed by atoms with Crippen LogP contribution in [0, 0.1) is 13.8 Å². The Kier molecular flexibility index (Phi) is 3.09. The van der Waals surface area contributed by atoms with Crippen molar-refractivity contribution in [2.24, 2.45) is 0 Å². The predicted molar refractivity (Wildman–Crippen MR) is 75.7 cm³/mol. The van der Waals surface area contributed by atoms with Crippen molar-refractivity contribution in [3.8, 4) is 10.6 Å². The molecule has 0 aliphatic heterocycles. The Labute approximate surface area is 108 Å². The van der Waals surface area contributed by atoms with Crippen molar-refractivity contribution in [3.63, 3.8) is 0 Å². The quantitative estimate of drug-likeness (QED) is 0.708. The minimum atomic E-state index is 0.189. The number of hydrogen-bond acceptors (Lipinski definition) is 2. The largest absolute Gasteiger partial charge is 0.241 e. The molecule has 0 saturated carbocycles. The van der Waals surface area contributed by atoms with E-state index in [1.807, 2.05) is 6.92 Å². The molecule has 90 valence electrons. The first kappa shape index (κ1) is 12.3. The lowest BCUT2D eigenvalue weighted by atomic mass is 9.85. The Morgan fingerprint density at radius 1 is 1.12 bits per heavy atom. The molecule has 1 heterocycles.